The molecule has 78 valence electrons. The van der Waals surface area contributed by atoms with E-state index in [0.717, 1.165) is 5.82 Å². The summed E-state index contributed by atoms with van der Waals surface area (Å²) in [7, 11) is 0. The first kappa shape index (κ1) is 9.61. The maximum Gasteiger partial charge on any atom is 0.143 e. The second-order valence-electron chi connectivity index (χ2n) is 3.91. The van der Waals surface area contributed by atoms with Crippen molar-refractivity contribution in [2.24, 2.45) is 11.8 Å². The van der Waals surface area contributed by atoms with Gasteiger partial charge in [-0.15, -0.1) is 0 Å². The summed E-state index contributed by atoms with van der Waals surface area (Å²) in [4.78, 5) is 4.15. The van der Waals surface area contributed by atoms with Crippen molar-refractivity contribution in [2.45, 2.75) is 38.1 Å². The summed E-state index contributed by atoms with van der Waals surface area (Å²) in [6.07, 6.45) is 7.95. The number of nitrogens with one attached hydrogen (secondary N) is 2. The van der Waals surface area contributed by atoms with E-state index in [1.54, 1.807) is 0 Å². The van der Waals surface area contributed by atoms with Gasteiger partial charge in [0.05, 0.1) is 6.04 Å². The van der Waals surface area contributed by atoms with Gasteiger partial charge < -0.3 is 0 Å². The zero-order valence-corrected chi connectivity index (χ0v) is 8.24. The molecule has 1 aromatic rings. The fourth-order valence-corrected chi connectivity index (χ4v) is 2.27. The Balaban J connectivity index is 2.04. The van der Waals surface area contributed by atoms with Crippen LogP contribution in [0.25, 0.3) is 0 Å². The fraction of sp³-hybridized carbons (Fsp3) is 0.778. The topological polar surface area (TPSA) is 79.6 Å². The molecule has 0 spiro atoms. The number of hydrogen-bond acceptors (Lipinski definition) is 4. The second-order valence-corrected chi connectivity index (χ2v) is 3.91. The van der Waals surface area contributed by atoms with E-state index in [4.69, 9.17) is 5.84 Å². The van der Waals surface area contributed by atoms with Crippen molar-refractivity contribution >= 4 is 0 Å². The van der Waals surface area contributed by atoms with Gasteiger partial charge in [0.25, 0.3) is 0 Å². The summed E-state index contributed by atoms with van der Waals surface area (Å²) in [5.41, 5.74) is 2.84. The average Bonchev–Trinajstić information content (AvgIpc) is 2.74. The lowest BCUT2D eigenvalue weighted by atomic mass is 9.84. The SMILES string of the molecule is NNC(c1ncn[nH]1)C1CCCCC1. The van der Waals surface area contributed by atoms with Crippen molar-refractivity contribution in [2.75, 3.05) is 0 Å². The van der Waals surface area contributed by atoms with Crippen LogP contribution in [0.1, 0.15) is 44.0 Å². The largest absolute Gasteiger partial charge is 0.271 e. The summed E-state index contributed by atoms with van der Waals surface area (Å²) < 4.78 is 0. The molecule has 5 nitrogen and oxygen atoms in total. The van der Waals surface area contributed by atoms with Crippen LogP contribution in [0.15, 0.2) is 6.33 Å². The molecule has 1 aliphatic carbocycles. The zero-order chi connectivity index (χ0) is 9.80. The molecule has 0 radical (unpaired) electrons. The third kappa shape index (κ3) is 1.93. The molecule has 1 saturated carbocycles. The van der Waals surface area contributed by atoms with Gasteiger partial charge in [0.1, 0.15) is 12.2 Å². The number of H-pyrrole nitrogens is 1. The first-order chi connectivity index (χ1) is 6.92. The number of aromatic amines is 1. The first-order valence-electron chi connectivity index (χ1n) is 5.23. The Kier molecular flexibility index (Phi) is 3.10. The van der Waals surface area contributed by atoms with Crippen LogP contribution in [0, 0.1) is 5.92 Å². The van der Waals surface area contributed by atoms with Gasteiger partial charge in [0.15, 0.2) is 0 Å². The van der Waals surface area contributed by atoms with E-state index in [0.29, 0.717) is 5.92 Å². The van der Waals surface area contributed by atoms with E-state index < -0.39 is 0 Å². The van der Waals surface area contributed by atoms with Crippen molar-refractivity contribution < 1.29 is 0 Å². The molecule has 1 heterocycles. The number of nitrogens with zero attached hydrogens (tertiary/aromatic N) is 2. The van der Waals surface area contributed by atoms with Crippen LogP contribution in [0.3, 0.4) is 0 Å². The highest BCUT2D eigenvalue weighted by molar-refractivity contribution is 4.94. The predicted octanol–water partition coefficient (Wildman–Crippen LogP) is 0.889. The lowest BCUT2D eigenvalue weighted by molar-refractivity contribution is 0.265. The normalized spacial score (nSPS) is 20.9. The second kappa shape index (κ2) is 4.52. The molecule has 0 aromatic carbocycles. The Bertz CT molecular complexity index is 252. The minimum atomic E-state index is 0.137. The fourth-order valence-electron chi connectivity index (χ4n) is 2.27. The molecule has 5 heteroatoms. The van der Waals surface area contributed by atoms with Gasteiger partial charge in [0.2, 0.25) is 0 Å². The Morgan fingerprint density at radius 1 is 1.43 bits per heavy atom. The van der Waals surface area contributed by atoms with E-state index in [9.17, 15) is 0 Å². The molecule has 1 aromatic heterocycles. The maximum atomic E-state index is 5.56. The monoisotopic (exact) mass is 195 g/mol. The molecular weight excluding hydrogens is 178 g/mol. The van der Waals surface area contributed by atoms with E-state index in [2.05, 4.69) is 20.6 Å². The Labute approximate surface area is 83.5 Å². The molecule has 0 amide bonds. The zero-order valence-electron chi connectivity index (χ0n) is 8.24. The highest BCUT2D eigenvalue weighted by Gasteiger charge is 2.25. The van der Waals surface area contributed by atoms with E-state index >= 15 is 0 Å². The van der Waals surface area contributed by atoms with E-state index in [1.165, 1.54) is 38.4 Å². The van der Waals surface area contributed by atoms with Crippen molar-refractivity contribution in [3.8, 4) is 0 Å². The number of hydrazine groups is 1. The smallest absolute Gasteiger partial charge is 0.143 e. The molecule has 0 saturated heterocycles. The summed E-state index contributed by atoms with van der Waals surface area (Å²) >= 11 is 0. The summed E-state index contributed by atoms with van der Waals surface area (Å²) in [6.45, 7) is 0. The molecule has 0 bridgehead atoms. The average molecular weight is 195 g/mol. The molecule has 1 aliphatic rings. The lowest BCUT2D eigenvalue weighted by Crippen LogP contribution is -2.35. The van der Waals surface area contributed by atoms with Crippen LogP contribution in [-0.4, -0.2) is 15.2 Å². The van der Waals surface area contributed by atoms with Gasteiger partial charge >= 0.3 is 0 Å². The van der Waals surface area contributed by atoms with Gasteiger partial charge in [-0.05, 0) is 18.8 Å². The molecule has 4 N–H and O–H groups in total. The quantitative estimate of drug-likeness (QED) is 0.494. The van der Waals surface area contributed by atoms with Crippen LogP contribution in [0.2, 0.25) is 0 Å². The van der Waals surface area contributed by atoms with E-state index in [-0.39, 0.29) is 6.04 Å². The van der Waals surface area contributed by atoms with E-state index in [1.807, 2.05) is 0 Å². The Morgan fingerprint density at radius 2 is 2.21 bits per heavy atom. The van der Waals surface area contributed by atoms with Crippen LogP contribution >= 0.6 is 0 Å². The standard InChI is InChI=1S/C9H17N5/c10-13-8(9-11-6-12-14-9)7-4-2-1-3-5-7/h6-8,13H,1-5,10H2,(H,11,12,14). The van der Waals surface area contributed by atoms with Crippen LogP contribution in [0.4, 0.5) is 0 Å². The van der Waals surface area contributed by atoms with Gasteiger partial charge in [0, 0.05) is 0 Å². The van der Waals surface area contributed by atoms with Crippen LogP contribution in [-0.2, 0) is 0 Å². The van der Waals surface area contributed by atoms with Crippen molar-refractivity contribution in [1.82, 2.24) is 20.6 Å². The highest BCUT2D eigenvalue weighted by atomic mass is 15.3. The maximum absolute atomic E-state index is 5.56. The molecule has 1 fully saturated rings. The van der Waals surface area contributed by atoms with Crippen molar-refractivity contribution in [1.29, 1.82) is 0 Å². The lowest BCUT2D eigenvalue weighted by Gasteiger charge is -2.27. The number of rotatable bonds is 3. The predicted molar refractivity (Wildman–Crippen MR) is 53.0 cm³/mol. The Hall–Kier alpha value is -0.940. The number of aromatic nitrogens is 3. The summed E-state index contributed by atoms with van der Waals surface area (Å²) in [5.74, 6) is 7.02. The third-order valence-electron chi connectivity index (χ3n) is 3.03. The minimum Gasteiger partial charge on any atom is -0.271 e. The molecular formula is C9H17N5. The number of nitrogens with two attached hydrogens (primary N) is 1. The van der Waals surface area contributed by atoms with Gasteiger partial charge in [-0.1, -0.05) is 19.3 Å². The van der Waals surface area contributed by atoms with Gasteiger partial charge in [-0.25, -0.2) is 10.4 Å². The minimum absolute atomic E-state index is 0.137. The first-order valence-corrected chi connectivity index (χ1v) is 5.23. The summed E-state index contributed by atoms with van der Waals surface area (Å²) in [6, 6.07) is 0.137. The third-order valence-corrected chi connectivity index (χ3v) is 3.03. The molecule has 0 aliphatic heterocycles. The molecule has 2 rings (SSSR count). The van der Waals surface area contributed by atoms with Crippen LogP contribution in [0.5, 0.6) is 0 Å². The van der Waals surface area contributed by atoms with Crippen molar-refractivity contribution in [3.63, 3.8) is 0 Å². The van der Waals surface area contributed by atoms with Crippen molar-refractivity contribution in [3.05, 3.63) is 12.2 Å². The van der Waals surface area contributed by atoms with Crippen LogP contribution < -0.4 is 11.3 Å². The molecule has 1 atom stereocenters. The molecule has 14 heavy (non-hydrogen) atoms. The Morgan fingerprint density at radius 3 is 2.79 bits per heavy atom. The van der Waals surface area contributed by atoms with Gasteiger partial charge in [-0.3, -0.25) is 10.9 Å². The van der Waals surface area contributed by atoms with Gasteiger partial charge in [-0.2, -0.15) is 5.10 Å². The summed E-state index contributed by atoms with van der Waals surface area (Å²) in [5, 5.41) is 6.74. The molecule has 1 unspecified atom stereocenters. The number of hydrogen-bond donors (Lipinski definition) is 3. The highest BCUT2D eigenvalue weighted by Crippen LogP contribution is 2.32.